The molecule has 0 aliphatic heterocycles. The fraction of sp³-hybridized carbons (Fsp3) is 0.556. The summed E-state index contributed by atoms with van der Waals surface area (Å²) in [6.45, 7) is 3.66. The Morgan fingerprint density at radius 1 is 1.47 bits per heavy atom. The number of primary amides is 1. The second-order valence-corrected chi connectivity index (χ2v) is 4.01. The monoisotopic (exact) mass is 259 g/mol. The Labute approximate surface area is 104 Å². The summed E-state index contributed by atoms with van der Waals surface area (Å²) in [5, 5.41) is 0.00182. The largest absolute Gasteiger partial charge is 0.461 e. The smallest absolute Gasteiger partial charge is 0.322 e. The highest BCUT2D eigenvalue weighted by molar-refractivity contribution is 6.28. The topological polar surface area (TPSA) is 94.2 Å². The van der Waals surface area contributed by atoms with Crippen LogP contribution in [-0.2, 0) is 4.79 Å². The number of aromatic nitrogens is 3. The van der Waals surface area contributed by atoms with Crippen molar-refractivity contribution in [3.63, 3.8) is 0 Å². The van der Waals surface area contributed by atoms with Gasteiger partial charge < -0.3 is 15.4 Å². The molecule has 0 atom stereocenters. The Balaban J connectivity index is 2.92. The minimum Gasteiger partial charge on any atom is -0.461 e. The summed E-state index contributed by atoms with van der Waals surface area (Å²) in [7, 11) is 1.62. The number of amides is 1. The van der Waals surface area contributed by atoms with E-state index in [2.05, 4.69) is 15.0 Å². The van der Waals surface area contributed by atoms with E-state index in [0.717, 1.165) is 0 Å². The van der Waals surface area contributed by atoms with Crippen molar-refractivity contribution in [2.24, 2.45) is 5.73 Å². The number of nitrogens with zero attached hydrogens (tertiary/aromatic N) is 4. The van der Waals surface area contributed by atoms with E-state index in [1.165, 1.54) is 4.90 Å². The third-order valence-corrected chi connectivity index (χ3v) is 1.82. The molecule has 94 valence electrons. The van der Waals surface area contributed by atoms with Crippen molar-refractivity contribution in [1.82, 2.24) is 15.0 Å². The maximum atomic E-state index is 10.8. The molecule has 1 rings (SSSR count). The molecule has 1 aromatic rings. The first-order valence-corrected chi connectivity index (χ1v) is 5.34. The van der Waals surface area contributed by atoms with E-state index in [0.29, 0.717) is 0 Å². The average molecular weight is 260 g/mol. The van der Waals surface area contributed by atoms with Crippen LogP contribution in [0.1, 0.15) is 13.8 Å². The van der Waals surface area contributed by atoms with E-state index in [9.17, 15) is 4.79 Å². The first-order chi connectivity index (χ1) is 7.88. The highest BCUT2D eigenvalue weighted by Gasteiger charge is 2.12. The number of carbonyl (C=O) groups is 1. The molecule has 0 saturated carbocycles. The molecule has 0 bridgehead atoms. The first-order valence-electron chi connectivity index (χ1n) is 4.96. The molecule has 1 amide bonds. The van der Waals surface area contributed by atoms with Gasteiger partial charge in [-0.15, -0.1) is 0 Å². The van der Waals surface area contributed by atoms with Gasteiger partial charge in [0.25, 0.3) is 0 Å². The lowest BCUT2D eigenvalue weighted by molar-refractivity contribution is -0.116. The number of halogens is 1. The lowest BCUT2D eigenvalue weighted by Gasteiger charge is -2.15. The van der Waals surface area contributed by atoms with Crippen molar-refractivity contribution in [2.75, 3.05) is 18.5 Å². The van der Waals surface area contributed by atoms with E-state index in [1.807, 2.05) is 13.8 Å². The number of hydrogen-bond donors (Lipinski definition) is 1. The zero-order valence-corrected chi connectivity index (χ0v) is 10.6. The predicted molar refractivity (Wildman–Crippen MR) is 63.1 cm³/mol. The van der Waals surface area contributed by atoms with E-state index < -0.39 is 5.91 Å². The van der Waals surface area contributed by atoms with Gasteiger partial charge in [0.05, 0.1) is 12.6 Å². The lowest BCUT2D eigenvalue weighted by atomic mass is 10.5. The van der Waals surface area contributed by atoms with Crippen LogP contribution in [0, 0.1) is 0 Å². The van der Waals surface area contributed by atoms with Crippen molar-refractivity contribution < 1.29 is 9.53 Å². The van der Waals surface area contributed by atoms with Gasteiger partial charge in [-0.3, -0.25) is 4.79 Å². The Morgan fingerprint density at radius 3 is 2.65 bits per heavy atom. The summed E-state index contributed by atoms with van der Waals surface area (Å²) in [6.07, 6.45) is -0.0808. The molecule has 8 heteroatoms. The Bertz CT molecular complexity index is 412. The van der Waals surface area contributed by atoms with Crippen molar-refractivity contribution in [3.05, 3.63) is 5.28 Å². The molecular weight excluding hydrogens is 246 g/mol. The maximum Gasteiger partial charge on any atom is 0.322 e. The molecule has 0 fully saturated rings. The summed E-state index contributed by atoms with van der Waals surface area (Å²) >= 11 is 5.73. The van der Waals surface area contributed by atoms with Crippen molar-refractivity contribution >= 4 is 23.5 Å². The van der Waals surface area contributed by atoms with Crippen LogP contribution in [-0.4, -0.2) is 40.6 Å². The zero-order chi connectivity index (χ0) is 13.0. The summed E-state index contributed by atoms with van der Waals surface area (Å²) in [5.41, 5.74) is 5.07. The van der Waals surface area contributed by atoms with Crippen LogP contribution in [0.5, 0.6) is 6.01 Å². The van der Waals surface area contributed by atoms with Gasteiger partial charge >= 0.3 is 6.01 Å². The highest BCUT2D eigenvalue weighted by atomic mass is 35.5. The fourth-order valence-corrected chi connectivity index (χ4v) is 1.21. The SMILES string of the molecule is CC(C)Oc1nc(Cl)nc(N(C)CC(N)=O)n1. The third-order valence-electron chi connectivity index (χ3n) is 1.65. The number of rotatable bonds is 5. The molecule has 0 unspecified atom stereocenters. The van der Waals surface area contributed by atoms with Gasteiger partial charge in [-0.2, -0.15) is 15.0 Å². The molecular formula is C9H14ClN5O2. The summed E-state index contributed by atoms with van der Waals surface area (Å²) < 4.78 is 5.30. The zero-order valence-electron chi connectivity index (χ0n) is 9.85. The minimum absolute atomic E-state index is 0.00182. The standard InChI is InChI=1S/C9H14ClN5O2/c1-5(2)17-9-13-7(10)12-8(14-9)15(3)4-6(11)16/h5H,4H2,1-3H3,(H2,11,16). The molecule has 0 aromatic carbocycles. The van der Waals surface area contributed by atoms with Crippen molar-refractivity contribution in [1.29, 1.82) is 0 Å². The van der Waals surface area contributed by atoms with Crippen LogP contribution in [0.25, 0.3) is 0 Å². The van der Waals surface area contributed by atoms with Crippen LogP contribution >= 0.6 is 11.6 Å². The molecule has 17 heavy (non-hydrogen) atoms. The van der Waals surface area contributed by atoms with E-state index >= 15 is 0 Å². The Kier molecular flexibility index (Phi) is 4.45. The van der Waals surface area contributed by atoms with Crippen LogP contribution in [0.2, 0.25) is 5.28 Å². The quantitative estimate of drug-likeness (QED) is 0.814. The number of likely N-dealkylation sites (N-methyl/N-ethyl adjacent to an activating group) is 1. The minimum atomic E-state index is -0.490. The molecule has 0 aliphatic carbocycles. The molecule has 7 nitrogen and oxygen atoms in total. The molecule has 1 aromatic heterocycles. The molecule has 2 N–H and O–H groups in total. The number of hydrogen-bond acceptors (Lipinski definition) is 6. The second kappa shape index (κ2) is 5.62. The number of nitrogens with two attached hydrogens (primary N) is 1. The Hall–Kier alpha value is -1.63. The predicted octanol–water partition coefficient (Wildman–Crippen LogP) is 0.234. The van der Waals surface area contributed by atoms with Gasteiger partial charge in [-0.05, 0) is 25.4 Å². The highest BCUT2D eigenvalue weighted by Crippen LogP contribution is 2.14. The van der Waals surface area contributed by atoms with Crippen LogP contribution < -0.4 is 15.4 Å². The fourth-order valence-electron chi connectivity index (χ4n) is 1.06. The molecule has 1 heterocycles. The summed E-state index contributed by atoms with van der Waals surface area (Å²) in [4.78, 5) is 23.9. The van der Waals surface area contributed by atoms with E-state index in [-0.39, 0.29) is 29.9 Å². The van der Waals surface area contributed by atoms with E-state index in [4.69, 9.17) is 22.1 Å². The maximum absolute atomic E-state index is 10.8. The normalized spacial score (nSPS) is 10.4. The summed E-state index contributed by atoms with van der Waals surface area (Å²) in [5.74, 6) is -0.255. The third kappa shape index (κ3) is 4.39. The van der Waals surface area contributed by atoms with Gasteiger partial charge in [-0.25, -0.2) is 0 Å². The summed E-state index contributed by atoms with van der Waals surface area (Å²) in [6, 6.07) is 0.117. The first kappa shape index (κ1) is 13.4. The Morgan fingerprint density at radius 2 is 2.12 bits per heavy atom. The van der Waals surface area contributed by atoms with E-state index in [1.54, 1.807) is 7.05 Å². The molecule has 0 radical (unpaired) electrons. The van der Waals surface area contributed by atoms with Crippen LogP contribution in [0.4, 0.5) is 5.95 Å². The number of ether oxygens (including phenoxy) is 1. The second-order valence-electron chi connectivity index (χ2n) is 3.68. The van der Waals surface area contributed by atoms with Gasteiger partial charge in [-0.1, -0.05) is 0 Å². The lowest BCUT2D eigenvalue weighted by Crippen LogP contribution is -2.32. The molecule has 0 spiro atoms. The van der Waals surface area contributed by atoms with Crippen LogP contribution in [0.15, 0.2) is 0 Å². The average Bonchev–Trinajstić information content (AvgIpc) is 2.14. The number of carbonyl (C=O) groups excluding carboxylic acids is 1. The van der Waals surface area contributed by atoms with Gasteiger partial charge in [0.2, 0.25) is 17.1 Å². The van der Waals surface area contributed by atoms with Gasteiger partial charge in [0.15, 0.2) is 0 Å². The van der Waals surface area contributed by atoms with Crippen molar-refractivity contribution in [2.45, 2.75) is 20.0 Å². The van der Waals surface area contributed by atoms with Gasteiger partial charge in [0.1, 0.15) is 0 Å². The molecule has 0 saturated heterocycles. The number of anilines is 1. The molecule has 0 aliphatic rings. The van der Waals surface area contributed by atoms with Crippen molar-refractivity contribution in [3.8, 4) is 6.01 Å². The van der Waals surface area contributed by atoms with Gasteiger partial charge in [0, 0.05) is 7.05 Å². The van der Waals surface area contributed by atoms with Crippen LogP contribution in [0.3, 0.4) is 0 Å².